The molecule has 1 fully saturated rings. The normalized spacial score (nSPS) is 27.9. The van der Waals surface area contributed by atoms with Crippen molar-refractivity contribution in [1.29, 1.82) is 0 Å². The Balaban J connectivity index is 1.87. The fourth-order valence-electron chi connectivity index (χ4n) is 3.10. The summed E-state index contributed by atoms with van der Waals surface area (Å²) in [4.78, 5) is 7.99. The second-order valence-corrected chi connectivity index (χ2v) is 6.91. The van der Waals surface area contributed by atoms with Crippen molar-refractivity contribution >= 4 is 11.3 Å². The molecule has 3 atom stereocenters. The third-order valence-corrected chi connectivity index (χ3v) is 5.35. The lowest BCUT2D eigenvalue weighted by atomic mass is 9.78. The molecule has 2 rings (SSSR count). The predicted octanol–water partition coefficient (Wildman–Crippen LogP) is 3.07. The summed E-state index contributed by atoms with van der Waals surface area (Å²) in [6.45, 7) is 6.29. The highest BCUT2D eigenvalue weighted by Gasteiger charge is 2.29. The number of thiazole rings is 1. The Morgan fingerprint density at radius 3 is 2.89 bits per heavy atom. The van der Waals surface area contributed by atoms with Gasteiger partial charge in [-0.15, -0.1) is 11.3 Å². The molecule has 1 aliphatic carbocycles. The van der Waals surface area contributed by atoms with Gasteiger partial charge in [0.2, 0.25) is 0 Å². The number of nitrogens with zero attached hydrogens (tertiary/aromatic N) is 2. The van der Waals surface area contributed by atoms with Crippen molar-refractivity contribution in [2.45, 2.75) is 52.2 Å². The summed E-state index contributed by atoms with van der Waals surface area (Å²) in [5.74, 6) is 1.25. The number of aliphatic hydroxyl groups excluding tert-OH is 1. The van der Waals surface area contributed by atoms with Crippen LogP contribution in [0.4, 0.5) is 0 Å². The lowest BCUT2D eigenvalue weighted by Gasteiger charge is -2.35. The quantitative estimate of drug-likeness (QED) is 0.901. The summed E-state index contributed by atoms with van der Waals surface area (Å²) in [6, 6.07) is 0. The van der Waals surface area contributed by atoms with Crippen LogP contribution >= 0.6 is 11.3 Å². The van der Waals surface area contributed by atoms with E-state index in [-0.39, 0.29) is 6.10 Å². The van der Waals surface area contributed by atoms with E-state index in [2.05, 4.69) is 30.8 Å². The minimum atomic E-state index is -0.104. The lowest BCUT2D eigenvalue weighted by molar-refractivity contribution is 0.0299. The van der Waals surface area contributed by atoms with Crippen LogP contribution in [0.25, 0.3) is 0 Å². The lowest BCUT2D eigenvalue weighted by Crippen LogP contribution is -2.37. The van der Waals surface area contributed by atoms with Crippen molar-refractivity contribution in [3.63, 3.8) is 0 Å². The number of hydrogen-bond acceptors (Lipinski definition) is 4. The van der Waals surface area contributed by atoms with Crippen LogP contribution in [0.5, 0.6) is 0 Å². The highest BCUT2D eigenvalue weighted by atomic mass is 32.1. The first-order chi connectivity index (χ1) is 9.10. The Kier molecular flexibility index (Phi) is 5.37. The molecule has 3 unspecified atom stereocenters. The van der Waals surface area contributed by atoms with Gasteiger partial charge in [0.15, 0.2) is 0 Å². The van der Waals surface area contributed by atoms with Crippen molar-refractivity contribution in [2.24, 2.45) is 11.8 Å². The van der Waals surface area contributed by atoms with Gasteiger partial charge < -0.3 is 10.0 Å². The van der Waals surface area contributed by atoms with E-state index >= 15 is 0 Å². The summed E-state index contributed by atoms with van der Waals surface area (Å²) in [5.41, 5.74) is 3.06. The maximum Gasteiger partial charge on any atom is 0.0798 e. The molecule has 1 aromatic heterocycles. The Morgan fingerprint density at radius 2 is 2.26 bits per heavy atom. The maximum absolute atomic E-state index is 10.2. The van der Waals surface area contributed by atoms with Crippen molar-refractivity contribution in [2.75, 3.05) is 13.6 Å². The van der Waals surface area contributed by atoms with Gasteiger partial charge in [0.1, 0.15) is 0 Å². The largest absolute Gasteiger partial charge is 0.393 e. The second-order valence-electron chi connectivity index (χ2n) is 5.97. The zero-order valence-corrected chi connectivity index (χ0v) is 13.1. The first-order valence-electron chi connectivity index (χ1n) is 7.35. The summed E-state index contributed by atoms with van der Waals surface area (Å²) < 4.78 is 0. The van der Waals surface area contributed by atoms with E-state index in [1.165, 1.54) is 24.1 Å². The molecule has 3 nitrogen and oxygen atoms in total. The fourth-order valence-corrected chi connectivity index (χ4v) is 3.96. The fraction of sp³-hybridized carbons (Fsp3) is 0.800. The molecule has 0 aromatic carbocycles. The maximum atomic E-state index is 10.2. The van der Waals surface area contributed by atoms with E-state index in [4.69, 9.17) is 0 Å². The smallest absolute Gasteiger partial charge is 0.0798 e. The van der Waals surface area contributed by atoms with Crippen LogP contribution in [0.3, 0.4) is 0 Å². The molecule has 0 radical (unpaired) electrons. The van der Waals surface area contributed by atoms with E-state index in [0.717, 1.165) is 31.1 Å². The van der Waals surface area contributed by atoms with Crippen LogP contribution in [0, 0.1) is 18.8 Å². The summed E-state index contributed by atoms with van der Waals surface area (Å²) in [5, 5.41) is 10.2. The summed E-state index contributed by atoms with van der Waals surface area (Å²) in [6.07, 6.45) is 4.51. The molecule has 0 amide bonds. The molecule has 1 aliphatic rings. The van der Waals surface area contributed by atoms with Gasteiger partial charge in [-0.2, -0.15) is 0 Å². The van der Waals surface area contributed by atoms with E-state index in [1.54, 1.807) is 11.3 Å². The van der Waals surface area contributed by atoms with Gasteiger partial charge in [-0.1, -0.05) is 13.3 Å². The number of aromatic nitrogens is 1. The molecular formula is C15H26N2OS. The van der Waals surface area contributed by atoms with Crippen molar-refractivity contribution in [3.05, 3.63) is 16.1 Å². The van der Waals surface area contributed by atoms with Gasteiger partial charge in [-0.3, -0.25) is 0 Å². The summed E-state index contributed by atoms with van der Waals surface area (Å²) >= 11 is 1.73. The van der Waals surface area contributed by atoms with Gasteiger partial charge in [0, 0.05) is 18.0 Å². The molecule has 4 heteroatoms. The zero-order valence-electron chi connectivity index (χ0n) is 12.3. The SMILES string of the molecule is CCC1CCC(O)C(CN(C)Cc2scnc2C)C1. The van der Waals surface area contributed by atoms with Gasteiger partial charge in [-0.25, -0.2) is 4.98 Å². The zero-order chi connectivity index (χ0) is 13.8. The van der Waals surface area contributed by atoms with Crippen molar-refractivity contribution in [1.82, 2.24) is 9.88 Å². The summed E-state index contributed by atoms with van der Waals surface area (Å²) in [7, 11) is 2.15. The molecule has 0 bridgehead atoms. The number of aryl methyl sites for hydroxylation is 1. The Hall–Kier alpha value is -0.450. The first kappa shape index (κ1) is 14.9. The van der Waals surface area contributed by atoms with Crippen molar-refractivity contribution < 1.29 is 5.11 Å². The first-order valence-corrected chi connectivity index (χ1v) is 8.23. The number of rotatable bonds is 5. The van der Waals surface area contributed by atoms with E-state index in [9.17, 15) is 5.11 Å². The minimum Gasteiger partial charge on any atom is -0.393 e. The average molecular weight is 282 g/mol. The molecule has 0 aliphatic heterocycles. The molecule has 0 spiro atoms. The van der Waals surface area contributed by atoms with Gasteiger partial charge in [0.25, 0.3) is 0 Å². The van der Waals surface area contributed by atoms with E-state index in [0.29, 0.717) is 5.92 Å². The van der Waals surface area contributed by atoms with Gasteiger partial charge in [0.05, 0.1) is 17.3 Å². The van der Waals surface area contributed by atoms with Gasteiger partial charge >= 0.3 is 0 Å². The Bertz CT molecular complexity index is 393. The standard InChI is InChI=1S/C15H26N2OS/c1-4-12-5-6-14(18)13(7-12)8-17(3)9-15-11(2)16-10-19-15/h10,12-14,18H,4-9H2,1-3H3. The topological polar surface area (TPSA) is 36.4 Å². The van der Waals surface area contributed by atoms with Crippen LogP contribution in [0.1, 0.15) is 43.2 Å². The number of hydrogen-bond donors (Lipinski definition) is 1. The molecular weight excluding hydrogens is 256 g/mol. The van der Waals surface area contributed by atoms with Gasteiger partial charge in [-0.05, 0) is 45.1 Å². The van der Waals surface area contributed by atoms with Crippen LogP contribution in [-0.4, -0.2) is 34.7 Å². The molecule has 108 valence electrons. The molecule has 1 N–H and O–H groups in total. The molecule has 0 saturated heterocycles. The van der Waals surface area contributed by atoms with Crippen molar-refractivity contribution in [3.8, 4) is 0 Å². The van der Waals surface area contributed by atoms with E-state index < -0.39 is 0 Å². The van der Waals surface area contributed by atoms with E-state index in [1.807, 2.05) is 5.51 Å². The molecule has 19 heavy (non-hydrogen) atoms. The second kappa shape index (κ2) is 6.82. The third-order valence-electron chi connectivity index (χ3n) is 4.43. The van der Waals surface area contributed by atoms with Crippen LogP contribution < -0.4 is 0 Å². The third kappa shape index (κ3) is 4.01. The Morgan fingerprint density at radius 1 is 1.47 bits per heavy atom. The average Bonchev–Trinajstić information content (AvgIpc) is 2.78. The van der Waals surface area contributed by atoms with Crippen LogP contribution in [0.15, 0.2) is 5.51 Å². The minimum absolute atomic E-state index is 0.104. The predicted molar refractivity (Wildman–Crippen MR) is 80.3 cm³/mol. The molecule has 1 heterocycles. The van der Waals surface area contributed by atoms with Crippen LogP contribution in [-0.2, 0) is 6.54 Å². The van der Waals surface area contributed by atoms with Crippen LogP contribution in [0.2, 0.25) is 0 Å². The highest BCUT2D eigenvalue weighted by molar-refractivity contribution is 7.09. The number of aliphatic hydroxyl groups is 1. The monoisotopic (exact) mass is 282 g/mol. The highest BCUT2D eigenvalue weighted by Crippen LogP contribution is 2.32. The Labute approximate surface area is 120 Å². The molecule has 1 saturated carbocycles. The molecule has 1 aromatic rings.